The molecule has 184 valence electrons. The molecule has 2 atom stereocenters. The van der Waals surface area contributed by atoms with Crippen molar-refractivity contribution in [2.75, 3.05) is 11.1 Å². The number of halogens is 1. The summed E-state index contributed by atoms with van der Waals surface area (Å²) in [6, 6.07) is 12.7. The molecule has 0 amide bonds. The number of pyridine rings is 1. The summed E-state index contributed by atoms with van der Waals surface area (Å²) in [6.45, 7) is 5.79. The second-order valence-corrected chi connectivity index (χ2v) is 10.5. The van der Waals surface area contributed by atoms with Gasteiger partial charge in [0.25, 0.3) is 0 Å². The number of benzene rings is 2. The van der Waals surface area contributed by atoms with Gasteiger partial charge in [-0.1, -0.05) is 30.3 Å². The molecule has 35 heavy (non-hydrogen) atoms. The number of anilines is 2. The van der Waals surface area contributed by atoms with Crippen molar-refractivity contribution in [3.05, 3.63) is 69.8 Å². The van der Waals surface area contributed by atoms with Gasteiger partial charge in [0.15, 0.2) is 5.82 Å². The van der Waals surface area contributed by atoms with Gasteiger partial charge in [-0.3, -0.25) is 4.79 Å². The molecule has 0 radical (unpaired) electrons. The van der Waals surface area contributed by atoms with Gasteiger partial charge in [0, 0.05) is 35.8 Å². The molecule has 2 fully saturated rings. The van der Waals surface area contributed by atoms with E-state index in [-0.39, 0.29) is 28.3 Å². The monoisotopic (exact) mass is 478 g/mol. The van der Waals surface area contributed by atoms with Gasteiger partial charge in [-0.15, -0.1) is 0 Å². The van der Waals surface area contributed by atoms with Gasteiger partial charge < -0.3 is 26.0 Å². The number of carboxylic acids is 1. The topological polar surface area (TPSA) is 109 Å². The van der Waals surface area contributed by atoms with Crippen molar-refractivity contribution >= 4 is 28.2 Å². The normalized spacial score (nSPS) is 25.5. The first kappa shape index (κ1) is 23.4. The van der Waals surface area contributed by atoms with Crippen LogP contribution in [0.4, 0.5) is 15.8 Å². The summed E-state index contributed by atoms with van der Waals surface area (Å²) in [4.78, 5) is 24.4. The van der Waals surface area contributed by atoms with Crippen molar-refractivity contribution in [2.45, 2.75) is 69.6 Å². The molecule has 5 N–H and O–H groups in total. The summed E-state index contributed by atoms with van der Waals surface area (Å²) < 4.78 is 17.0. The van der Waals surface area contributed by atoms with Gasteiger partial charge in [0.2, 0.25) is 5.43 Å². The van der Waals surface area contributed by atoms with E-state index in [9.17, 15) is 14.7 Å². The average Bonchev–Trinajstić information content (AvgIpc) is 3.55. The number of nitrogen functional groups attached to an aromatic ring is 1. The van der Waals surface area contributed by atoms with Crippen LogP contribution in [0.1, 0.15) is 67.9 Å². The summed E-state index contributed by atoms with van der Waals surface area (Å²) in [5.41, 5.74) is 6.23. The maximum atomic E-state index is 15.3. The molecule has 3 aromatic rings. The van der Waals surface area contributed by atoms with E-state index in [4.69, 9.17) is 5.73 Å². The molecule has 2 aliphatic carbocycles. The molecule has 0 aliphatic heterocycles. The molecule has 0 bridgehead atoms. The number of nitrogens with two attached hydrogens (primary N) is 1. The van der Waals surface area contributed by atoms with E-state index in [1.165, 1.54) is 11.8 Å². The van der Waals surface area contributed by atoms with Crippen LogP contribution in [-0.4, -0.2) is 33.3 Å². The number of aromatic carboxylic acids is 1. The van der Waals surface area contributed by atoms with Gasteiger partial charge in [0.1, 0.15) is 5.56 Å². The average molecular weight is 479 g/mol. The van der Waals surface area contributed by atoms with Gasteiger partial charge in [-0.2, -0.15) is 0 Å². The fourth-order valence-electron chi connectivity index (χ4n) is 5.50. The highest BCUT2D eigenvalue weighted by Crippen LogP contribution is 2.44. The van der Waals surface area contributed by atoms with Gasteiger partial charge in [-0.05, 0) is 51.7 Å². The van der Waals surface area contributed by atoms with E-state index in [0.717, 1.165) is 19.3 Å². The molecule has 1 heterocycles. The van der Waals surface area contributed by atoms with E-state index in [1.807, 2.05) is 19.9 Å². The Morgan fingerprint density at radius 2 is 1.94 bits per heavy atom. The van der Waals surface area contributed by atoms with Crippen LogP contribution in [0.15, 0.2) is 47.4 Å². The fraction of sp³-hybridized carbons (Fsp3) is 0.407. The number of hydrogen-bond donors (Lipinski definition) is 4. The third-order valence-corrected chi connectivity index (χ3v) is 7.38. The molecule has 2 saturated carbocycles. The summed E-state index contributed by atoms with van der Waals surface area (Å²) in [5.74, 6) is -1.53. The van der Waals surface area contributed by atoms with E-state index >= 15 is 4.39 Å². The number of hydrogen-bond acceptors (Lipinski definition) is 5. The molecular weight excluding hydrogens is 447 g/mol. The predicted molar refractivity (Wildman–Crippen MR) is 136 cm³/mol. The zero-order valence-corrected chi connectivity index (χ0v) is 20.1. The van der Waals surface area contributed by atoms with Gasteiger partial charge in [-0.25, -0.2) is 9.18 Å². The van der Waals surface area contributed by atoms with Crippen molar-refractivity contribution in [1.82, 2.24) is 9.88 Å². The van der Waals surface area contributed by atoms with E-state index in [1.54, 1.807) is 10.6 Å². The molecular formula is C27H31FN4O3. The van der Waals surface area contributed by atoms with Crippen LogP contribution in [0.5, 0.6) is 0 Å². The molecule has 2 aromatic carbocycles. The Kier molecular flexibility index (Phi) is 5.59. The highest BCUT2D eigenvalue weighted by molar-refractivity contribution is 5.99. The minimum absolute atomic E-state index is 0.0966. The zero-order valence-electron chi connectivity index (χ0n) is 20.1. The Hall–Kier alpha value is -3.39. The summed E-state index contributed by atoms with van der Waals surface area (Å²) in [5, 5.41) is 16.4. The number of nitrogens with one attached hydrogen (secondary N) is 2. The quantitative estimate of drug-likeness (QED) is 0.373. The van der Waals surface area contributed by atoms with Crippen LogP contribution in [-0.2, 0) is 0 Å². The second kappa shape index (κ2) is 8.37. The Morgan fingerprint density at radius 3 is 2.57 bits per heavy atom. The highest BCUT2D eigenvalue weighted by atomic mass is 19.1. The van der Waals surface area contributed by atoms with Crippen LogP contribution < -0.4 is 21.8 Å². The molecule has 8 heteroatoms. The van der Waals surface area contributed by atoms with Crippen molar-refractivity contribution in [3.63, 3.8) is 0 Å². The lowest BCUT2D eigenvalue weighted by atomic mass is 9.73. The van der Waals surface area contributed by atoms with Crippen molar-refractivity contribution in [2.24, 2.45) is 0 Å². The zero-order chi connectivity index (χ0) is 25.1. The Bertz CT molecular complexity index is 1360. The van der Waals surface area contributed by atoms with Crippen molar-refractivity contribution < 1.29 is 14.3 Å². The first-order chi connectivity index (χ1) is 16.6. The van der Waals surface area contributed by atoms with Crippen molar-refractivity contribution in [3.8, 4) is 0 Å². The molecule has 0 spiro atoms. The standard InChI is InChI=1S/C27H31FN4O3/c1-14(2)32-13-18(26(34)35)25(33)22-21(32)10-20(23(28)24(22)29)31-27(3)11-16(12-27)30-19-9-17(19)15-7-5-4-6-8-15/h4-8,10,13-14,16-17,19,30-31H,9,11-12,29H2,1-3H3,(H,34,35)/t16?,17?,19-,27?/m1/s1. The fourth-order valence-corrected chi connectivity index (χ4v) is 5.50. The second-order valence-electron chi connectivity index (χ2n) is 10.5. The third-order valence-electron chi connectivity index (χ3n) is 7.38. The van der Waals surface area contributed by atoms with Gasteiger partial charge >= 0.3 is 5.97 Å². The lowest BCUT2D eigenvalue weighted by molar-refractivity contribution is 0.0694. The van der Waals surface area contributed by atoms with Crippen LogP contribution in [0, 0.1) is 5.82 Å². The number of fused-ring (bicyclic) bond motifs is 1. The van der Waals surface area contributed by atoms with Crippen LogP contribution in [0.3, 0.4) is 0 Å². The lowest BCUT2D eigenvalue weighted by Gasteiger charge is -2.47. The lowest BCUT2D eigenvalue weighted by Crippen LogP contribution is -2.56. The molecule has 7 nitrogen and oxygen atoms in total. The maximum Gasteiger partial charge on any atom is 0.341 e. The smallest absolute Gasteiger partial charge is 0.341 e. The highest BCUT2D eigenvalue weighted by Gasteiger charge is 2.46. The third kappa shape index (κ3) is 4.16. The van der Waals surface area contributed by atoms with Crippen LogP contribution in [0.2, 0.25) is 0 Å². The van der Waals surface area contributed by atoms with E-state index < -0.39 is 22.8 Å². The number of nitrogens with zero attached hydrogens (tertiary/aromatic N) is 1. The molecule has 5 rings (SSSR count). The number of aromatic nitrogens is 1. The Balaban J connectivity index is 1.36. The molecule has 1 unspecified atom stereocenters. The van der Waals surface area contributed by atoms with Crippen LogP contribution >= 0.6 is 0 Å². The van der Waals surface area contributed by atoms with Crippen LogP contribution in [0.25, 0.3) is 10.9 Å². The largest absolute Gasteiger partial charge is 0.477 e. The van der Waals surface area contributed by atoms with E-state index in [2.05, 4.69) is 41.8 Å². The molecule has 0 saturated heterocycles. The van der Waals surface area contributed by atoms with Crippen molar-refractivity contribution in [1.29, 1.82) is 0 Å². The van der Waals surface area contributed by atoms with Gasteiger partial charge in [0.05, 0.1) is 22.3 Å². The maximum absolute atomic E-state index is 15.3. The first-order valence-electron chi connectivity index (χ1n) is 12.1. The SMILES string of the molecule is CC(C)n1cc(C(=O)O)c(=O)c2c(N)c(F)c(NC3(C)CC(N[C@@H]4CC4c4ccccc4)C3)cc21. The minimum Gasteiger partial charge on any atom is -0.477 e. The number of rotatable bonds is 7. The Labute approximate surface area is 203 Å². The first-order valence-corrected chi connectivity index (χ1v) is 12.1. The minimum atomic E-state index is -1.36. The summed E-state index contributed by atoms with van der Waals surface area (Å²) in [7, 11) is 0. The molecule has 1 aromatic heterocycles. The Morgan fingerprint density at radius 1 is 1.26 bits per heavy atom. The number of carbonyl (C=O) groups is 1. The van der Waals surface area contributed by atoms with E-state index in [0.29, 0.717) is 23.5 Å². The number of carboxylic acid groups (broad SMARTS) is 1. The summed E-state index contributed by atoms with van der Waals surface area (Å²) in [6.07, 6.45) is 4.10. The predicted octanol–water partition coefficient (Wildman–Crippen LogP) is 4.48. The molecule has 2 aliphatic rings. The summed E-state index contributed by atoms with van der Waals surface area (Å²) >= 11 is 0.